The van der Waals surface area contributed by atoms with Crippen LogP contribution in [0.1, 0.15) is 43.3 Å². The number of aromatic nitrogens is 5. The van der Waals surface area contributed by atoms with Crippen LogP contribution in [0, 0.1) is 0 Å². The molecule has 5 atom stereocenters. The van der Waals surface area contributed by atoms with E-state index in [1.807, 2.05) is 0 Å². The van der Waals surface area contributed by atoms with Crippen LogP contribution in [0.2, 0.25) is 5.28 Å². The fourth-order valence-electron chi connectivity index (χ4n) is 5.20. The van der Waals surface area contributed by atoms with E-state index < -0.39 is 63.7 Å². The van der Waals surface area contributed by atoms with E-state index in [2.05, 4.69) is 25.4 Å². The molecule has 3 aromatic heterocycles. The van der Waals surface area contributed by atoms with Crippen molar-refractivity contribution in [2.45, 2.75) is 74.6 Å². The van der Waals surface area contributed by atoms with Crippen LogP contribution in [-0.4, -0.2) is 97.9 Å². The third-order valence-electron chi connectivity index (χ3n) is 7.48. The second-order valence-electron chi connectivity index (χ2n) is 10.3. The number of rotatable bonds is 11. The van der Waals surface area contributed by atoms with Crippen molar-refractivity contribution in [3.8, 4) is 0 Å². The molecule has 2 aliphatic rings. The van der Waals surface area contributed by atoms with Crippen molar-refractivity contribution in [1.29, 1.82) is 0 Å². The number of aliphatic hydroxyl groups is 4. The maximum atomic E-state index is 12.5. The Bertz CT molecular complexity index is 1420. The van der Waals surface area contributed by atoms with Crippen molar-refractivity contribution in [3.05, 3.63) is 41.1 Å². The van der Waals surface area contributed by atoms with Gasteiger partial charge >= 0.3 is 7.60 Å². The van der Waals surface area contributed by atoms with Gasteiger partial charge in [-0.05, 0) is 36.6 Å². The smallest absolute Gasteiger partial charge is 0.359 e. The zero-order valence-corrected chi connectivity index (χ0v) is 23.5. The molecule has 0 aromatic carbocycles. The predicted molar refractivity (Wildman–Crippen MR) is 144 cm³/mol. The highest BCUT2D eigenvalue weighted by Crippen LogP contribution is 2.53. The average molecular weight is 615 g/mol. The van der Waals surface area contributed by atoms with Crippen LogP contribution in [0.4, 0.5) is 5.82 Å². The van der Waals surface area contributed by atoms with Gasteiger partial charge in [0.1, 0.15) is 24.1 Å². The Morgan fingerprint density at radius 2 is 1.85 bits per heavy atom. The molecule has 1 saturated heterocycles. The van der Waals surface area contributed by atoms with Gasteiger partial charge in [-0.3, -0.25) is 9.55 Å². The number of aliphatic hydroxyl groups excluding tert-OH is 4. The van der Waals surface area contributed by atoms with E-state index in [1.54, 1.807) is 6.07 Å². The molecule has 0 spiro atoms. The minimum Gasteiger partial charge on any atom is -0.393 e. The largest absolute Gasteiger partial charge is 0.393 e. The lowest BCUT2D eigenvalue weighted by Gasteiger charge is -2.33. The lowest BCUT2D eigenvalue weighted by Crippen LogP contribution is -2.43. The molecule has 0 amide bonds. The lowest BCUT2D eigenvalue weighted by atomic mass is 10.1. The molecular weight excluding hydrogens is 583 g/mol. The van der Waals surface area contributed by atoms with Crippen LogP contribution < -0.4 is 5.32 Å². The molecule has 1 saturated carbocycles. The molecule has 0 bridgehead atoms. The van der Waals surface area contributed by atoms with Crippen LogP contribution in [0.15, 0.2) is 24.4 Å². The summed E-state index contributed by atoms with van der Waals surface area (Å²) in [6.07, 6.45) is -0.407. The first kappa shape index (κ1) is 30.2. The second-order valence-corrected chi connectivity index (χ2v) is 12.5. The summed E-state index contributed by atoms with van der Waals surface area (Å²) in [6, 6.07) is 4.76. The monoisotopic (exact) mass is 614 g/mol. The van der Waals surface area contributed by atoms with Gasteiger partial charge < -0.3 is 45.0 Å². The summed E-state index contributed by atoms with van der Waals surface area (Å²) >= 11 is 6.19. The molecule has 15 nitrogen and oxygen atoms in total. The SMILES string of the molecule is O=P(O)(O)C(CO)(Cc1cccc(CO)n1)OC[C@H]1O[C@@H](n2ncc3c(NC4CCCC4)nc(Cl)nc32)[C@H](O)[C@@H]1O. The normalized spacial score (nSPS) is 25.1. The molecule has 3 aromatic rings. The highest BCUT2D eigenvalue weighted by Gasteiger charge is 2.51. The molecule has 2 fully saturated rings. The van der Waals surface area contributed by atoms with Crippen molar-refractivity contribution < 1.29 is 44.3 Å². The molecule has 7 N–H and O–H groups in total. The molecular formula is C24H32ClN6O9P. The predicted octanol–water partition coefficient (Wildman–Crippen LogP) is 0.466. The van der Waals surface area contributed by atoms with Crippen molar-refractivity contribution in [2.24, 2.45) is 0 Å². The molecule has 1 aliphatic heterocycles. The van der Waals surface area contributed by atoms with Gasteiger partial charge in [0.15, 0.2) is 17.2 Å². The van der Waals surface area contributed by atoms with Crippen molar-refractivity contribution in [2.75, 3.05) is 18.5 Å². The van der Waals surface area contributed by atoms with E-state index in [0.29, 0.717) is 11.2 Å². The quantitative estimate of drug-likeness (QED) is 0.115. The van der Waals surface area contributed by atoms with Gasteiger partial charge in [0, 0.05) is 18.2 Å². The fraction of sp³-hybridized carbons (Fsp3) is 0.583. The number of nitrogens with zero attached hydrogens (tertiary/aromatic N) is 5. The molecule has 17 heteroatoms. The zero-order chi connectivity index (χ0) is 29.4. The van der Waals surface area contributed by atoms with Gasteiger partial charge in [0.2, 0.25) is 5.28 Å². The third-order valence-corrected chi connectivity index (χ3v) is 9.14. The second kappa shape index (κ2) is 12.1. The van der Waals surface area contributed by atoms with E-state index in [4.69, 9.17) is 21.1 Å². The summed E-state index contributed by atoms with van der Waals surface area (Å²) < 4.78 is 25.2. The topological polar surface area (TPSA) is 225 Å². The molecule has 41 heavy (non-hydrogen) atoms. The Labute approximate surface area is 239 Å². The van der Waals surface area contributed by atoms with Gasteiger partial charge in [-0.15, -0.1) is 0 Å². The zero-order valence-electron chi connectivity index (χ0n) is 21.8. The van der Waals surface area contributed by atoms with Crippen LogP contribution in [0.3, 0.4) is 0 Å². The minimum absolute atomic E-state index is 0.0547. The standard InChI is InChI=1S/C24H32ClN6O9P/c25-23-29-20(28-13-4-1-2-5-13)16-9-26-31(21(16)30-23)22-19(35)18(34)17(40-22)11-39-24(12-33,41(36,37)38)8-14-6-3-7-15(10-32)27-14/h3,6-7,9,13,17-19,22,32-35H,1-2,4-5,8,10-12H2,(H,28,29,30)(H2,36,37,38)/t17-,18-,19-,22-,24?/m1/s1. The number of hydrogen-bond acceptors (Lipinski definition) is 12. The first-order chi connectivity index (χ1) is 19.5. The highest BCUT2D eigenvalue weighted by atomic mass is 35.5. The number of ether oxygens (including phenoxy) is 2. The molecule has 1 unspecified atom stereocenters. The Morgan fingerprint density at radius 3 is 2.54 bits per heavy atom. The van der Waals surface area contributed by atoms with Gasteiger partial charge in [-0.2, -0.15) is 15.1 Å². The van der Waals surface area contributed by atoms with Crippen LogP contribution in [0.5, 0.6) is 0 Å². The van der Waals surface area contributed by atoms with Crippen molar-refractivity contribution >= 4 is 36.0 Å². The van der Waals surface area contributed by atoms with E-state index in [0.717, 1.165) is 25.7 Å². The van der Waals surface area contributed by atoms with Crippen molar-refractivity contribution in [3.63, 3.8) is 0 Å². The fourth-order valence-corrected chi connectivity index (χ4v) is 6.16. The van der Waals surface area contributed by atoms with Gasteiger partial charge in [0.25, 0.3) is 0 Å². The molecule has 224 valence electrons. The third kappa shape index (κ3) is 6.11. The summed E-state index contributed by atoms with van der Waals surface area (Å²) in [5.74, 6) is 0.485. The maximum Gasteiger partial charge on any atom is 0.359 e. The Hall–Kier alpha value is -2.30. The molecule has 1 aliphatic carbocycles. The summed E-state index contributed by atoms with van der Waals surface area (Å²) in [5.41, 5.74) is 0.664. The Morgan fingerprint density at radius 1 is 1.12 bits per heavy atom. The maximum absolute atomic E-state index is 12.5. The van der Waals surface area contributed by atoms with E-state index >= 15 is 0 Å². The number of fused-ring (bicyclic) bond motifs is 1. The summed E-state index contributed by atoms with van der Waals surface area (Å²) in [6.45, 7) is -2.09. The summed E-state index contributed by atoms with van der Waals surface area (Å²) in [4.78, 5) is 32.9. The van der Waals surface area contributed by atoms with E-state index in [9.17, 15) is 34.8 Å². The van der Waals surface area contributed by atoms with Gasteiger partial charge in [0.05, 0.1) is 37.1 Å². The van der Waals surface area contributed by atoms with Gasteiger partial charge in [-0.25, -0.2) is 4.68 Å². The first-order valence-corrected chi connectivity index (χ1v) is 15.1. The molecule has 5 rings (SSSR count). The Balaban J connectivity index is 1.36. The number of halogens is 1. The van der Waals surface area contributed by atoms with Crippen LogP contribution in [0.25, 0.3) is 11.0 Å². The average Bonchev–Trinajstić information content (AvgIpc) is 3.67. The van der Waals surface area contributed by atoms with E-state index in [1.165, 1.54) is 23.0 Å². The molecule has 0 radical (unpaired) electrons. The highest BCUT2D eigenvalue weighted by molar-refractivity contribution is 7.53. The van der Waals surface area contributed by atoms with Crippen LogP contribution >= 0.6 is 19.2 Å². The first-order valence-electron chi connectivity index (χ1n) is 13.1. The lowest BCUT2D eigenvalue weighted by molar-refractivity contribution is -0.109. The molecule has 4 heterocycles. The van der Waals surface area contributed by atoms with Crippen molar-refractivity contribution in [1.82, 2.24) is 24.7 Å². The van der Waals surface area contributed by atoms with Crippen LogP contribution in [-0.2, 0) is 27.1 Å². The van der Waals surface area contributed by atoms with Gasteiger partial charge in [-0.1, -0.05) is 18.9 Å². The number of hydrogen-bond donors (Lipinski definition) is 7. The number of pyridine rings is 1. The number of anilines is 1. The number of nitrogens with one attached hydrogen (secondary N) is 1. The Kier molecular flexibility index (Phi) is 8.93. The summed E-state index contributed by atoms with van der Waals surface area (Å²) in [5, 5.41) is 46.7. The van der Waals surface area contributed by atoms with E-state index in [-0.39, 0.29) is 28.4 Å². The summed E-state index contributed by atoms with van der Waals surface area (Å²) in [7, 11) is -5.14. The minimum atomic E-state index is -5.14.